The zero-order valence-corrected chi connectivity index (χ0v) is 63.3. The lowest BCUT2D eigenvalue weighted by molar-refractivity contribution is -0.146. The number of carbonyl (C=O) groups is 14. The predicted octanol–water partition coefficient (Wildman–Crippen LogP) is -1.20. The Balaban J connectivity index is 1.17. The van der Waals surface area contributed by atoms with E-state index in [2.05, 4.69) is 63.1 Å². The van der Waals surface area contributed by atoms with E-state index in [-0.39, 0.29) is 56.6 Å². The molecule has 0 radical (unpaired) electrons. The van der Waals surface area contributed by atoms with E-state index in [0.717, 1.165) is 56.7 Å². The number of H-pyrrole nitrogens is 1. The number of aryl methyl sites for hydroxylation is 2. The summed E-state index contributed by atoms with van der Waals surface area (Å²) in [5, 5.41) is 75.3. The molecular formula is C75H96F2N14O22. The number of carbonyl (C=O) groups excluding carboxylic acids is 12. The summed E-state index contributed by atoms with van der Waals surface area (Å²) < 4.78 is 45.2. The Morgan fingerprint density at radius 2 is 1.35 bits per heavy atom. The van der Waals surface area contributed by atoms with E-state index in [1.807, 2.05) is 19.1 Å². The van der Waals surface area contributed by atoms with Gasteiger partial charge in [0.1, 0.15) is 82.5 Å². The maximum Gasteiger partial charge on any atom is 0.407 e. The van der Waals surface area contributed by atoms with E-state index in [4.69, 9.17) is 19.9 Å². The number of nitrogens with one attached hydrogen (secondary N) is 11. The molecule has 18 N–H and O–H groups in total. The molecule has 0 bridgehead atoms. The zero-order chi connectivity index (χ0) is 83.6. The number of primary amides is 1. The number of amides is 12. The number of nitrogens with zero attached hydrogens (tertiary/aromatic N) is 2. The first kappa shape index (κ1) is 89.7. The first-order valence-corrected chi connectivity index (χ1v) is 35.9. The van der Waals surface area contributed by atoms with Crippen LogP contribution in [0.15, 0.2) is 97.5 Å². The van der Waals surface area contributed by atoms with Crippen LogP contribution in [0.2, 0.25) is 0 Å². The Morgan fingerprint density at radius 1 is 0.699 bits per heavy atom. The highest BCUT2D eigenvalue weighted by Crippen LogP contribution is 2.32. The molecule has 2 heterocycles. The summed E-state index contributed by atoms with van der Waals surface area (Å²) in [6.45, 7) is 5.39. The first-order chi connectivity index (χ1) is 53.4. The minimum absolute atomic E-state index is 0.00818. The molecule has 0 aliphatic carbocycles. The van der Waals surface area contributed by atoms with E-state index in [9.17, 15) is 97.0 Å². The summed E-state index contributed by atoms with van der Waals surface area (Å²) >= 11 is 0. The number of hydrogen-bond donors (Lipinski definition) is 17. The molecular weight excluding hydrogens is 1490 g/mol. The SMILES string of the molecule is CCc1cc(OC)ccc1-c1ccc(C[C@H](NC(=O)[C@H](CC(=O)O)NC(=O)[C@H](CO)NC(=O)[C@@H](NC(=O)C(C)(Cc2ccccc2F)NC(=O)[C@@H](NC(=O)CNC(=O)[C@H](CCC(=O)O)NC(=O)C2(C)CCCN2C(=O)[C@H](Cc2c[nH]cn2)NC(=O)OC)[C@@H](C)O)[C@@H](C)O)C(=O)N[C@@H](CCOc2ccc(F)cc2C)C(N)=O)cc1. The van der Waals surface area contributed by atoms with Crippen LogP contribution in [0, 0.1) is 18.6 Å². The van der Waals surface area contributed by atoms with Gasteiger partial charge in [0, 0.05) is 44.8 Å². The molecule has 1 aliphatic heterocycles. The van der Waals surface area contributed by atoms with Crippen molar-refractivity contribution in [2.45, 2.75) is 177 Å². The van der Waals surface area contributed by atoms with Crippen molar-refractivity contribution in [1.82, 2.24) is 68.0 Å². The molecule has 2 unspecified atom stereocenters. The minimum atomic E-state index is -2.46. The number of alkyl carbamates (subject to hydrolysis) is 1. The molecule has 5 aromatic rings. The van der Waals surface area contributed by atoms with E-state index in [1.54, 1.807) is 37.3 Å². The van der Waals surface area contributed by atoms with Crippen LogP contribution in [-0.4, -0.2) is 236 Å². The number of aliphatic hydroxyl groups excluding tert-OH is 3. The van der Waals surface area contributed by atoms with Gasteiger partial charge >= 0.3 is 18.0 Å². The number of aliphatic carboxylic acids is 2. The van der Waals surface area contributed by atoms with Gasteiger partial charge in [0.15, 0.2) is 0 Å². The maximum absolute atomic E-state index is 15.5. The van der Waals surface area contributed by atoms with Crippen LogP contribution in [0.4, 0.5) is 13.6 Å². The molecule has 12 atom stereocenters. The molecule has 12 amide bonds. The van der Waals surface area contributed by atoms with Gasteiger partial charge in [-0.15, -0.1) is 0 Å². The average molecular weight is 1580 g/mol. The highest BCUT2D eigenvalue weighted by molar-refractivity contribution is 6.01. The number of carboxylic acids is 2. The topological polar surface area (TPSA) is 546 Å². The number of likely N-dealkylation sites (tertiary alicyclic amines) is 1. The molecule has 36 nitrogen and oxygen atoms in total. The Hall–Kier alpha value is -12.2. The summed E-state index contributed by atoms with van der Waals surface area (Å²) in [6.07, 6.45) is -4.95. The maximum atomic E-state index is 15.5. The fourth-order valence-electron chi connectivity index (χ4n) is 12.3. The zero-order valence-electron chi connectivity index (χ0n) is 63.3. The van der Waals surface area contributed by atoms with Gasteiger partial charge in [-0.05, 0) is 130 Å². The van der Waals surface area contributed by atoms with Crippen LogP contribution < -0.4 is 68.4 Å². The van der Waals surface area contributed by atoms with Gasteiger partial charge in [-0.1, -0.05) is 55.5 Å². The number of aliphatic hydroxyl groups is 3. The lowest BCUT2D eigenvalue weighted by atomic mass is 9.90. The molecule has 0 saturated carbocycles. The quantitative estimate of drug-likeness (QED) is 0.0218. The number of imidazole rings is 1. The molecule has 38 heteroatoms. The third-order valence-electron chi connectivity index (χ3n) is 18.7. The molecule has 1 saturated heterocycles. The third kappa shape index (κ3) is 25.7. The number of aromatic nitrogens is 2. The standard InChI is InChI=1S/C75H96F2N14O22/c1-9-43-31-48(111-7)20-21-49(43)44-17-15-42(16-18-44)30-53(65(102)82-51(63(78)100)25-28-113-57-23-19-46(76)29-39(57)2)83-66(103)54(33-60(98)99)84-67(104)56(37-92)85-68(105)61(40(3)93)89-71(108)74(5,34-45-13-10-11-14-50(45)77)90-69(106)62(41(4)94)88-58(95)36-80-64(101)52(22-24-59(96)97)86-72(109)75(6)26-12-27-91(75)70(107)55(87-73(110)112-8)32-47-35-79-38-81-47/h10-11,13-21,23,29,31,35,38,40-41,51-56,61-62,92-94H,9,12,22,24-28,30,32-34,36-37H2,1-8H3,(H2,78,100)(H,79,81)(H,80,101)(H,82,102)(H,83,103)(H,84,104)(H,85,105)(H,86,109)(H,87,110)(H,88,95)(H,89,108)(H,90,106)(H,96,97)(H,98,99)/t40-,41-,51+,52+,53+,54+,55+,56+,61+,62+,74?,75?/m1/s1. The van der Waals surface area contributed by atoms with E-state index < -0.39 is 205 Å². The minimum Gasteiger partial charge on any atom is -0.497 e. The second kappa shape index (κ2) is 41.7. The van der Waals surface area contributed by atoms with E-state index in [0.29, 0.717) is 29.0 Å². The van der Waals surface area contributed by atoms with Crippen molar-refractivity contribution in [3.63, 3.8) is 0 Å². The van der Waals surface area contributed by atoms with Gasteiger partial charge in [-0.2, -0.15) is 0 Å². The van der Waals surface area contributed by atoms with Crippen LogP contribution in [0.25, 0.3) is 11.1 Å². The normalized spacial score (nSPS) is 16.3. The van der Waals surface area contributed by atoms with Gasteiger partial charge in [0.25, 0.3) is 0 Å². The summed E-state index contributed by atoms with van der Waals surface area (Å²) in [5.74, 6) is -16.7. The van der Waals surface area contributed by atoms with Crippen molar-refractivity contribution in [2.24, 2.45) is 5.73 Å². The molecule has 1 aliphatic rings. The Kier molecular flexibility index (Phi) is 33.1. The monoisotopic (exact) mass is 1580 g/mol. The van der Waals surface area contributed by atoms with Crippen molar-refractivity contribution in [2.75, 3.05) is 40.5 Å². The van der Waals surface area contributed by atoms with E-state index in [1.165, 1.54) is 61.8 Å². The van der Waals surface area contributed by atoms with Crippen molar-refractivity contribution in [3.8, 4) is 22.6 Å². The number of aromatic amines is 1. The molecule has 1 fully saturated rings. The van der Waals surface area contributed by atoms with Crippen LogP contribution in [0.3, 0.4) is 0 Å². The van der Waals surface area contributed by atoms with Gasteiger partial charge in [0.05, 0.1) is 64.6 Å². The molecule has 612 valence electrons. The molecule has 113 heavy (non-hydrogen) atoms. The lowest BCUT2D eigenvalue weighted by Crippen LogP contribution is -2.67. The Bertz CT molecular complexity index is 4250. The second-order valence-electron chi connectivity index (χ2n) is 27.3. The van der Waals surface area contributed by atoms with Gasteiger partial charge in [-0.25, -0.2) is 18.6 Å². The summed E-state index contributed by atoms with van der Waals surface area (Å²) in [5.41, 5.74) is 5.06. The number of benzene rings is 4. The van der Waals surface area contributed by atoms with Crippen molar-refractivity contribution >= 4 is 83.0 Å². The molecule has 0 spiro atoms. The van der Waals surface area contributed by atoms with E-state index >= 15 is 4.39 Å². The molecule has 6 rings (SSSR count). The highest BCUT2D eigenvalue weighted by Gasteiger charge is 2.49. The number of rotatable bonds is 42. The summed E-state index contributed by atoms with van der Waals surface area (Å²) in [4.78, 5) is 199. The smallest absolute Gasteiger partial charge is 0.407 e. The first-order valence-electron chi connectivity index (χ1n) is 35.9. The average Bonchev–Trinajstić information content (AvgIpc) is 1.60. The van der Waals surface area contributed by atoms with Crippen LogP contribution >= 0.6 is 0 Å². The third-order valence-corrected chi connectivity index (χ3v) is 18.7. The molecule has 1 aromatic heterocycles. The van der Waals surface area contributed by atoms with Crippen LogP contribution in [0.1, 0.15) is 101 Å². The highest BCUT2D eigenvalue weighted by atomic mass is 19.1. The number of halogens is 2. The van der Waals surface area contributed by atoms with Gasteiger partial charge in [0.2, 0.25) is 65.0 Å². The van der Waals surface area contributed by atoms with Crippen LogP contribution in [-0.2, 0) is 92.7 Å². The second-order valence-corrected chi connectivity index (χ2v) is 27.3. The Labute approximate surface area is 647 Å². The number of hydrogen-bond acceptors (Lipinski definition) is 21. The lowest BCUT2D eigenvalue weighted by Gasteiger charge is -2.37. The number of methoxy groups -OCH3 is 2. The van der Waals surface area contributed by atoms with Crippen LogP contribution in [0.5, 0.6) is 11.5 Å². The number of carboxylic acid groups (broad SMARTS) is 2. The molecule has 4 aromatic carbocycles. The van der Waals surface area contributed by atoms with Crippen molar-refractivity contribution in [1.29, 1.82) is 0 Å². The Morgan fingerprint density at radius 3 is 1.95 bits per heavy atom. The fraction of sp³-hybridized carbons (Fsp3) is 0.453. The fourth-order valence-corrected chi connectivity index (χ4v) is 12.3. The number of nitrogens with two attached hydrogens (primary N) is 1. The van der Waals surface area contributed by atoms with Gasteiger partial charge in [-0.3, -0.25) is 62.3 Å². The largest absolute Gasteiger partial charge is 0.497 e. The summed E-state index contributed by atoms with van der Waals surface area (Å²) in [6, 6.07) is 6.27. The van der Waals surface area contributed by atoms with Crippen molar-refractivity contribution < 1.29 is 116 Å². The summed E-state index contributed by atoms with van der Waals surface area (Å²) in [7, 11) is 2.60. The number of ether oxygens (including phenoxy) is 3. The van der Waals surface area contributed by atoms with Gasteiger partial charge < -0.3 is 109 Å². The predicted molar refractivity (Wildman–Crippen MR) is 396 cm³/mol. The van der Waals surface area contributed by atoms with Crippen molar-refractivity contribution in [3.05, 3.63) is 137 Å².